The molecule has 15 heavy (non-hydrogen) atoms. The van der Waals surface area contributed by atoms with Crippen molar-refractivity contribution >= 4 is 52.6 Å². The van der Waals surface area contributed by atoms with Crippen molar-refractivity contribution in [2.75, 3.05) is 0 Å². The van der Waals surface area contributed by atoms with Crippen molar-refractivity contribution in [1.29, 1.82) is 0 Å². The summed E-state index contributed by atoms with van der Waals surface area (Å²) in [5.41, 5.74) is 0. The molecule has 0 bridgehead atoms. The molecule has 0 saturated heterocycles. The number of hydrogen-bond donors (Lipinski definition) is 0. The van der Waals surface area contributed by atoms with Crippen molar-refractivity contribution in [2.24, 2.45) is 0 Å². The van der Waals surface area contributed by atoms with Gasteiger partial charge in [-0.2, -0.15) is 0 Å². The SMILES string of the molecule is [Pb+2].[S-]c1ncccn1.[S-]c1ncccn1. The molecule has 74 valence electrons. The molecule has 2 heterocycles. The molecule has 4 nitrogen and oxygen atoms in total. The summed E-state index contributed by atoms with van der Waals surface area (Å²) < 4.78 is 0. The third-order valence-electron chi connectivity index (χ3n) is 1.08. The van der Waals surface area contributed by atoms with Gasteiger partial charge in [-0.3, -0.25) is 19.9 Å². The van der Waals surface area contributed by atoms with Crippen LogP contribution < -0.4 is 0 Å². The monoisotopic (exact) mass is 430 g/mol. The van der Waals surface area contributed by atoms with Crippen LogP contribution in [0.4, 0.5) is 0 Å². The zero-order valence-corrected chi connectivity index (χ0v) is 13.1. The summed E-state index contributed by atoms with van der Waals surface area (Å²) in [4.78, 5) is 14.7. The molecule has 0 N–H and O–H groups in total. The number of rotatable bonds is 0. The van der Waals surface area contributed by atoms with Gasteiger partial charge in [-0.25, -0.2) is 0 Å². The van der Waals surface area contributed by atoms with Crippen LogP contribution in [0, 0.1) is 0 Å². The Hall–Kier alpha value is -0.478. The second-order valence-corrected chi connectivity index (χ2v) is 2.79. The van der Waals surface area contributed by atoms with E-state index in [2.05, 4.69) is 45.2 Å². The van der Waals surface area contributed by atoms with Gasteiger partial charge in [0.2, 0.25) is 0 Å². The minimum Gasteiger partial charge on any atom is -0.740 e. The zero-order chi connectivity index (χ0) is 10.2. The molecule has 0 aliphatic carbocycles. The predicted octanol–water partition coefficient (Wildman–Crippen LogP) is 0.384. The Kier molecular flexibility index (Phi) is 8.52. The van der Waals surface area contributed by atoms with Gasteiger partial charge in [-0.15, -0.1) is 0 Å². The maximum atomic E-state index is 4.59. The first-order chi connectivity index (χ1) is 6.79. The summed E-state index contributed by atoms with van der Waals surface area (Å²) >= 11 is 9.18. The van der Waals surface area contributed by atoms with Crippen molar-refractivity contribution in [3.05, 3.63) is 36.9 Å². The molecule has 0 unspecified atom stereocenters. The second kappa shape index (κ2) is 8.80. The third kappa shape index (κ3) is 7.45. The van der Waals surface area contributed by atoms with E-state index in [-0.39, 0.29) is 27.3 Å². The van der Waals surface area contributed by atoms with Gasteiger partial charge in [0.15, 0.2) is 0 Å². The molecule has 0 fully saturated rings. The van der Waals surface area contributed by atoms with Crippen molar-refractivity contribution in [1.82, 2.24) is 19.9 Å². The van der Waals surface area contributed by atoms with E-state index in [1.165, 1.54) is 0 Å². The zero-order valence-electron chi connectivity index (χ0n) is 7.57. The average molecular weight is 429 g/mol. The van der Waals surface area contributed by atoms with Crippen LogP contribution in [0.15, 0.2) is 47.2 Å². The average Bonchev–Trinajstić information content (AvgIpc) is 2.21. The van der Waals surface area contributed by atoms with Crippen LogP contribution >= 0.6 is 0 Å². The molecule has 2 aromatic heterocycles. The first-order valence-electron chi connectivity index (χ1n) is 3.67. The standard InChI is InChI=1S/2C4H4N2S.Pb/c2*7-4-5-2-1-3-6-4;/h2*1-3H,(H,5,6,7);/q;;+2/p-2. The molecule has 7 heteroatoms. The summed E-state index contributed by atoms with van der Waals surface area (Å²) in [7, 11) is 0. The maximum absolute atomic E-state index is 4.59. The Morgan fingerprint density at radius 1 is 0.667 bits per heavy atom. The van der Waals surface area contributed by atoms with E-state index in [1.807, 2.05) is 0 Å². The molecular weight excluding hydrogens is 423 g/mol. The molecule has 2 aromatic rings. The van der Waals surface area contributed by atoms with E-state index in [0.29, 0.717) is 10.3 Å². The number of hydrogen-bond acceptors (Lipinski definition) is 6. The van der Waals surface area contributed by atoms with Crippen LogP contribution in [0.3, 0.4) is 0 Å². The predicted molar refractivity (Wildman–Crippen MR) is 61.1 cm³/mol. The fourth-order valence-electron chi connectivity index (χ4n) is 0.571. The number of aromatic nitrogens is 4. The minimum absolute atomic E-state index is 0. The molecule has 2 radical (unpaired) electrons. The van der Waals surface area contributed by atoms with Crippen molar-refractivity contribution < 1.29 is 0 Å². The molecule has 0 amide bonds. The van der Waals surface area contributed by atoms with Gasteiger partial charge in [0, 0.05) is 35.1 Å². The van der Waals surface area contributed by atoms with E-state index in [0.717, 1.165) is 0 Å². The van der Waals surface area contributed by atoms with Crippen LogP contribution in [0.5, 0.6) is 0 Å². The van der Waals surface area contributed by atoms with E-state index < -0.39 is 0 Å². The summed E-state index contributed by atoms with van der Waals surface area (Å²) in [6, 6.07) is 3.46. The molecule has 0 aliphatic heterocycles. The van der Waals surface area contributed by atoms with Crippen LogP contribution in [0.25, 0.3) is 0 Å². The molecule has 0 saturated carbocycles. The fourth-order valence-corrected chi connectivity index (χ4v) is 0.814. The Morgan fingerprint density at radius 3 is 1.07 bits per heavy atom. The van der Waals surface area contributed by atoms with Crippen molar-refractivity contribution in [3.8, 4) is 0 Å². The van der Waals surface area contributed by atoms with Gasteiger partial charge in [0.05, 0.1) is 0 Å². The van der Waals surface area contributed by atoms with Gasteiger partial charge in [0.25, 0.3) is 0 Å². The van der Waals surface area contributed by atoms with Crippen LogP contribution in [-0.2, 0) is 25.3 Å². The van der Waals surface area contributed by atoms with Gasteiger partial charge in [-0.05, 0) is 12.1 Å². The van der Waals surface area contributed by atoms with Gasteiger partial charge in [-0.1, -0.05) is 0 Å². The molecule has 0 atom stereocenters. The van der Waals surface area contributed by atoms with Gasteiger partial charge < -0.3 is 25.3 Å². The third-order valence-corrected chi connectivity index (χ3v) is 1.51. The quantitative estimate of drug-likeness (QED) is 0.343. The van der Waals surface area contributed by atoms with Crippen molar-refractivity contribution in [2.45, 2.75) is 10.3 Å². The molecule has 2 rings (SSSR count). The summed E-state index contributed by atoms with van der Waals surface area (Å²) in [6.07, 6.45) is 6.48. The Bertz CT molecular complexity index is 322. The second-order valence-electron chi connectivity index (χ2n) is 2.06. The first-order valence-corrected chi connectivity index (χ1v) is 4.49. The van der Waals surface area contributed by atoms with E-state index in [4.69, 9.17) is 0 Å². The molecular formula is C8H6N4PbS2. The largest absolute Gasteiger partial charge is 2.00 e. The number of nitrogens with zero attached hydrogens (tertiary/aromatic N) is 4. The summed E-state index contributed by atoms with van der Waals surface area (Å²) in [5.74, 6) is 0. The smallest absolute Gasteiger partial charge is 0.740 e. The molecule has 0 spiro atoms. The summed E-state index contributed by atoms with van der Waals surface area (Å²) in [6.45, 7) is 0. The van der Waals surface area contributed by atoms with Crippen LogP contribution in [0.2, 0.25) is 0 Å². The first kappa shape index (κ1) is 14.5. The molecule has 0 aliphatic rings. The van der Waals surface area contributed by atoms with E-state index in [9.17, 15) is 0 Å². The van der Waals surface area contributed by atoms with E-state index in [1.54, 1.807) is 36.9 Å². The topological polar surface area (TPSA) is 51.6 Å². The fraction of sp³-hybridized carbons (Fsp3) is 0. The summed E-state index contributed by atoms with van der Waals surface area (Å²) in [5, 5.41) is 0.810. The van der Waals surface area contributed by atoms with Crippen molar-refractivity contribution in [3.63, 3.8) is 0 Å². The Morgan fingerprint density at radius 2 is 0.933 bits per heavy atom. The minimum atomic E-state index is 0. The van der Waals surface area contributed by atoms with Gasteiger partial charge in [0.1, 0.15) is 0 Å². The normalized spacial score (nSPS) is 8.00. The van der Waals surface area contributed by atoms with Gasteiger partial charge >= 0.3 is 27.3 Å². The van der Waals surface area contributed by atoms with Crippen LogP contribution in [0.1, 0.15) is 0 Å². The Labute approximate surface area is 119 Å². The Balaban J connectivity index is 0.000000245. The molecule has 0 aromatic carbocycles. The maximum Gasteiger partial charge on any atom is 2.00 e. The van der Waals surface area contributed by atoms with Crippen LogP contribution in [-0.4, -0.2) is 47.2 Å². The van der Waals surface area contributed by atoms with E-state index >= 15 is 0 Å².